The van der Waals surface area contributed by atoms with Crippen molar-refractivity contribution in [3.05, 3.63) is 95.6 Å². The molecule has 0 aromatic heterocycles. The van der Waals surface area contributed by atoms with Gasteiger partial charge in [-0.2, -0.15) is 0 Å². The summed E-state index contributed by atoms with van der Waals surface area (Å²) < 4.78 is 5.90. The van der Waals surface area contributed by atoms with Gasteiger partial charge in [-0.3, -0.25) is 0 Å². The Hall–Kier alpha value is -3.04. The lowest BCUT2D eigenvalue weighted by Gasteiger charge is -2.17. The van der Waals surface area contributed by atoms with Crippen molar-refractivity contribution in [1.29, 1.82) is 0 Å². The maximum Gasteiger partial charge on any atom is 0.127 e. The van der Waals surface area contributed by atoms with E-state index in [9.17, 15) is 5.11 Å². The van der Waals surface area contributed by atoms with Gasteiger partial charge in [0.1, 0.15) is 17.2 Å². The van der Waals surface area contributed by atoms with E-state index in [0.717, 1.165) is 34.7 Å². The zero-order chi connectivity index (χ0) is 19.2. The van der Waals surface area contributed by atoms with Crippen molar-refractivity contribution in [2.45, 2.75) is 6.92 Å². The molecule has 3 heteroatoms. The van der Waals surface area contributed by atoms with Crippen LogP contribution in [-0.4, -0.2) is 30.6 Å². The van der Waals surface area contributed by atoms with Gasteiger partial charge in [0.05, 0.1) is 0 Å². The van der Waals surface area contributed by atoms with Gasteiger partial charge in [0.15, 0.2) is 0 Å². The predicted octanol–water partition coefficient (Wildman–Crippen LogP) is 5.57. The van der Waals surface area contributed by atoms with E-state index in [-0.39, 0.29) is 5.75 Å². The number of nitrogens with zero attached hydrogens (tertiary/aromatic N) is 1. The van der Waals surface area contributed by atoms with Crippen molar-refractivity contribution in [1.82, 2.24) is 4.90 Å². The minimum atomic E-state index is 0.270. The molecule has 0 aliphatic rings. The molecule has 3 aromatic carbocycles. The van der Waals surface area contributed by atoms with Crippen molar-refractivity contribution in [2.24, 2.45) is 0 Å². The second-order valence-corrected chi connectivity index (χ2v) is 6.88. The van der Waals surface area contributed by atoms with Gasteiger partial charge in [-0.15, -0.1) is 0 Å². The highest BCUT2D eigenvalue weighted by Gasteiger charge is 2.11. The molecule has 0 aliphatic carbocycles. The van der Waals surface area contributed by atoms with Gasteiger partial charge in [-0.25, -0.2) is 0 Å². The molecule has 0 bridgehead atoms. The summed E-state index contributed by atoms with van der Waals surface area (Å²) in [4.78, 5) is 2.14. The topological polar surface area (TPSA) is 32.7 Å². The van der Waals surface area contributed by atoms with Crippen LogP contribution in [0.1, 0.15) is 18.1 Å². The molecule has 3 aromatic rings. The lowest BCUT2D eigenvalue weighted by atomic mass is 9.93. The summed E-state index contributed by atoms with van der Waals surface area (Å²) in [5.74, 6) is 1.88. The van der Waals surface area contributed by atoms with Crippen molar-refractivity contribution >= 4 is 5.57 Å². The number of hydrogen-bond donors (Lipinski definition) is 1. The Balaban J connectivity index is 1.95. The van der Waals surface area contributed by atoms with E-state index in [4.69, 9.17) is 4.74 Å². The van der Waals surface area contributed by atoms with E-state index in [0.29, 0.717) is 0 Å². The maximum absolute atomic E-state index is 9.93. The highest BCUT2D eigenvalue weighted by Crippen LogP contribution is 2.31. The second kappa shape index (κ2) is 8.56. The van der Waals surface area contributed by atoms with Crippen LogP contribution in [0.2, 0.25) is 0 Å². The molecule has 138 valence electrons. The Bertz CT molecular complexity index is 913. The summed E-state index contributed by atoms with van der Waals surface area (Å²) >= 11 is 0. The number of para-hydroxylation sites is 1. The molecule has 27 heavy (non-hydrogen) atoms. The first kappa shape index (κ1) is 18.7. The SMILES string of the molecule is C/C(CN(C)C)=C(\c1ccc(Oc2ccccc2)cc1)c1cccc(O)c1. The third kappa shape index (κ3) is 4.99. The molecule has 3 rings (SSSR count). The summed E-state index contributed by atoms with van der Waals surface area (Å²) in [6.45, 7) is 2.97. The number of aromatic hydroxyl groups is 1. The molecular formula is C24H25NO2. The first-order valence-corrected chi connectivity index (χ1v) is 9.00. The normalized spacial score (nSPS) is 12.0. The van der Waals surface area contributed by atoms with Crippen LogP contribution in [0, 0.1) is 0 Å². The fourth-order valence-electron chi connectivity index (χ4n) is 3.19. The van der Waals surface area contributed by atoms with E-state index < -0.39 is 0 Å². The fraction of sp³-hybridized carbons (Fsp3) is 0.167. The fourth-order valence-corrected chi connectivity index (χ4v) is 3.19. The summed E-state index contributed by atoms with van der Waals surface area (Å²) in [5.41, 5.74) is 4.47. The van der Waals surface area contributed by atoms with Gasteiger partial charge in [0.25, 0.3) is 0 Å². The standard InChI is InChI=1S/C24H25NO2/c1-18(17-25(2)3)24(20-8-7-9-21(26)16-20)19-12-14-23(15-13-19)27-22-10-5-4-6-11-22/h4-16,26H,17H2,1-3H3/b24-18-. The highest BCUT2D eigenvalue weighted by molar-refractivity contribution is 5.82. The van der Waals surface area contributed by atoms with E-state index in [1.807, 2.05) is 60.7 Å². The molecule has 0 aliphatic heterocycles. The highest BCUT2D eigenvalue weighted by atomic mass is 16.5. The summed E-state index contributed by atoms with van der Waals surface area (Å²) in [6.07, 6.45) is 0. The molecular weight excluding hydrogens is 334 g/mol. The van der Waals surface area contributed by atoms with Crippen molar-refractivity contribution < 1.29 is 9.84 Å². The number of benzene rings is 3. The summed E-state index contributed by atoms with van der Waals surface area (Å²) in [6, 6.07) is 25.3. The molecule has 0 saturated carbocycles. The zero-order valence-corrected chi connectivity index (χ0v) is 16.0. The quantitative estimate of drug-likeness (QED) is 0.625. The van der Waals surface area contributed by atoms with Crippen molar-refractivity contribution in [3.63, 3.8) is 0 Å². The van der Waals surface area contributed by atoms with Crippen LogP contribution in [0.3, 0.4) is 0 Å². The zero-order valence-electron chi connectivity index (χ0n) is 16.0. The van der Waals surface area contributed by atoms with Crippen molar-refractivity contribution in [3.8, 4) is 17.2 Å². The summed E-state index contributed by atoms with van der Waals surface area (Å²) in [5, 5.41) is 9.93. The van der Waals surface area contributed by atoms with E-state index >= 15 is 0 Å². The number of phenolic OH excluding ortho intramolecular Hbond substituents is 1. The third-order valence-electron chi connectivity index (χ3n) is 4.24. The molecule has 0 amide bonds. The molecule has 0 unspecified atom stereocenters. The number of ether oxygens (including phenoxy) is 1. The smallest absolute Gasteiger partial charge is 0.127 e. The first-order chi connectivity index (χ1) is 13.0. The van der Waals surface area contributed by atoms with Gasteiger partial charge >= 0.3 is 0 Å². The Labute approximate surface area is 161 Å². The number of hydrogen-bond acceptors (Lipinski definition) is 3. The molecule has 0 saturated heterocycles. The molecule has 0 radical (unpaired) electrons. The lowest BCUT2D eigenvalue weighted by Crippen LogP contribution is -2.15. The monoisotopic (exact) mass is 359 g/mol. The average Bonchev–Trinajstić information content (AvgIpc) is 2.64. The predicted molar refractivity (Wildman–Crippen MR) is 111 cm³/mol. The third-order valence-corrected chi connectivity index (χ3v) is 4.24. The summed E-state index contributed by atoms with van der Waals surface area (Å²) in [7, 11) is 4.11. The Morgan fingerprint density at radius 2 is 1.48 bits per heavy atom. The van der Waals surface area contributed by atoms with Gasteiger partial charge in [-0.1, -0.05) is 48.0 Å². The second-order valence-electron chi connectivity index (χ2n) is 6.88. The van der Waals surface area contributed by atoms with Crippen LogP contribution in [0.5, 0.6) is 17.2 Å². The largest absolute Gasteiger partial charge is 0.508 e. The first-order valence-electron chi connectivity index (χ1n) is 9.00. The van der Waals surface area contributed by atoms with E-state index in [1.165, 1.54) is 5.57 Å². The van der Waals surface area contributed by atoms with Crippen LogP contribution in [0.4, 0.5) is 0 Å². The lowest BCUT2D eigenvalue weighted by molar-refractivity contribution is 0.446. The maximum atomic E-state index is 9.93. The molecule has 0 fully saturated rings. The average molecular weight is 359 g/mol. The molecule has 0 atom stereocenters. The van der Waals surface area contributed by atoms with Crippen LogP contribution >= 0.6 is 0 Å². The van der Waals surface area contributed by atoms with E-state index in [1.54, 1.807) is 6.07 Å². The van der Waals surface area contributed by atoms with Gasteiger partial charge in [0, 0.05) is 6.54 Å². The van der Waals surface area contributed by atoms with Crippen LogP contribution < -0.4 is 4.74 Å². The minimum Gasteiger partial charge on any atom is -0.508 e. The van der Waals surface area contributed by atoms with Gasteiger partial charge in [-0.05, 0) is 74.1 Å². The van der Waals surface area contributed by atoms with Gasteiger partial charge in [0.2, 0.25) is 0 Å². The van der Waals surface area contributed by atoms with Crippen LogP contribution in [0.15, 0.2) is 84.4 Å². The number of phenols is 1. The molecule has 1 N–H and O–H groups in total. The van der Waals surface area contributed by atoms with Crippen LogP contribution in [0.25, 0.3) is 5.57 Å². The Morgan fingerprint density at radius 1 is 0.815 bits per heavy atom. The van der Waals surface area contributed by atoms with Gasteiger partial charge < -0.3 is 14.7 Å². The molecule has 0 spiro atoms. The minimum absolute atomic E-state index is 0.270. The number of likely N-dealkylation sites (N-methyl/N-ethyl adjacent to an activating group) is 1. The Morgan fingerprint density at radius 3 is 2.11 bits per heavy atom. The van der Waals surface area contributed by atoms with E-state index in [2.05, 4.69) is 38.1 Å². The number of rotatable bonds is 6. The molecule has 3 nitrogen and oxygen atoms in total. The molecule has 0 heterocycles. The van der Waals surface area contributed by atoms with Crippen molar-refractivity contribution in [2.75, 3.05) is 20.6 Å². The van der Waals surface area contributed by atoms with Crippen LogP contribution in [-0.2, 0) is 0 Å². The Kier molecular flexibility index (Phi) is 5.94.